The van der Waals surface area contributed by atoms with Gasteiger partial charge in [0.1, 0.15) is 0 Å². The number of esters is 1. The summed E-state index contributed by atoms with van der Waals surface area (Å²) in [4.78, 5) is 34.9. The number of amides is 1. The van der Waals surface area contributed by atoms with Gasteiger partial charge >= 0.3 is 11.9 Å². The van der Waals surface area contributed by atoms with Gasteiger partial charge in [0, 0.05) is 13.0 Å². The standard InChI is InChI=1S/C13H24N2O5/c1-3-8-15(10-12(17)18)9-11(16)14-7-5-6-13(19)20-4-2/h3-10H2,1-2H3,(H,14,16)(H,17,18). The number of nitrogens with zero attached hydrogens (tertiary/aromatic N) is 1. The van der Waals surface area contributed by atoms with Crippen molar-refractivity contribution in [1.29, 1.82) is 0 Å². The monoisotopic (exact) mass is 288 g/mol. The number of carbonyl (C=O) groups is 3. The molecule has 20 heavy (non-hydrogen) atoms. The van der Waals surface area contributed by atoms with Crippen LogP contribution in [0.25, 0.3) is 0 Å². The predicted octanol–water partition coefficient (Wildman–Crippen LogP) is 0.243. The third-order valence-corrected chi connectivity index (χ3v) is 2.45. The van der Waals surface area contributed by atoms with Crippen molar-refractivity contribution >= 4 is 17.8 Å². The molecule has 0 heterocycles. The maximum absolute atomic E-state index is 11.6. The smallest absolute Gasteiger partial charge is 0.317 e. The van der Waals surface area contributed by atoms with Gasteiger partial charge in [-0.1, -0.05) is 6.92 Å². The summed E-state index contributed by atoms with van der Waals surface area (Å²) >= 11 is 0. The Kier molecular flexibility index (Phi) is 10.3. The van der Waals surface area contributed by atoms with Gasteiger partial charge in [-0.3, -0.25) is 19.3 Å². The van der Waals surface area contributed by atoms with Crippen LogP contribution < -0.4 is 5.32 Å². The second-order valence-corrected chi connectivity index (χ2v) is 4.36. The molecular weight excluding hydrogens is 264 g/mol. The Morgan fingerprint density at radius 2 is 1.90 bits per heavy atom. The van der Waals surface area contributed by atoms with Gasteiger partial charge in [-0.2, -0.15) is 0 Å². The summed E-state index contributed by atoms with van der Waals surface area (Å²) < 4.78 is 4.76. The van der Waals surface area contributed by atoms with E-state index in [1.807, 2.05) is 6.92 Å². The maximum atomic E-state index is 11.6. The topological polar surface area (TPSA) is 95.9 Å². The van der Waals surface area contributed by atoms with Gasteiger partial charge in [-0.15, -0.1) is 0 Å². The fraction of sp³-hybridized carbons (Fsp3) is 0.769. The van der Waals surface area contributed by atoms with Crippen molar-refractivity contribution in [1.82, 2.24) is 10.2 Å². The zero-order valence-corrected chi connectivity index (χ0v) is 12.2. The molecule has 0 aromatic rings. The van der Waals surface area contributed by atoms with Crippen LogP contribution in [0.3, 0.4) is 0 Å². The molecular formula is C13H24N2O5. The highest BCUT2D eigenvalue weighted by molar-refractivity contribution is 5.79. The number of aliphatic carboxylic acids is 1. The first-order valence-electron chi connectivity index (χ1n) is 6.86. The Morgan fingerprint density at radius 1 is 1.20 bits per heavy atom. The zero-order valence-electron chi connectivity index (χ0n) is 12.2. The van der Waals surface area contributed by atoms with Gasteiger partial charge in [0.2, 0.25) is 5.91 Å². The molecule has 116 valence electrons. The average Bonchev–Trinajstić information content (AvgIpc) is 2.34. The number of hydrogen-bond acceptors (Lipinski definition) is 5. The summed E-state index contributed by atoms with van der Waals surface area (Å²) in [7, 11) is 0. The van der Waals surface area contributed by atoms with Crippen LogP contribution in [0.1, 0.15) is 33.1 Å². The van der Waals surface area contributed by atoms with Crippen molar-refractivity contribution in [3.8, 4) is 0 Å². The van der Waals surface area contributed by atoms with Gasteiger partial charge in [0.25, 0.3) is 0 Å². The molecule has 0 fully saturated rings. The number of carbonyl (C=O) groups excluding carboxylic acids is 2. The van der Waals surface area contributed by atoms with Gasteiger partial charge < -0.3 is 15.2 Å². The Labute approximate surface area is 119 Å². The third kappa shape index (κ3) is 10.3. The van der Waals surface area contributed by atoms with Crippen LogP contribution in [0.15, 0.2) is 0 Å². The van der Waals surface area contributed by atoms with E-state index in [9.17, 15) is 14.4 Å². The first kappa shape index (κ1) is 18.4. The first-order chi connectivity index (χ1) is 9.49. The molecule has 0 aromatic heterocycles. The van der Waals surface area contributed by atoms with Crippen molar-refractivity contribution in [2.24, 2.45) is 0 Å². The van der Waals surface area contributed by atoms with E-state index in [2.05, 4.69) is 5.32 Å². The van der Waals surface area contributed by atoms with E-state index in [1.165, 1.54) is 0 Å². The fourth-order valence-electron chi connectivity index (χ4n) is 1.67. The van der Waals surface area contributed by atoms with Gasteiger partial charge in [-0.25, -0.2) is 0 Å². The highest BCUT2D eigenvalue weighted by atomic mass is 16.5. The molecule has 1 amide bonds. The molecule has 0 aromatic carbocycles. The lowest BCUT2D eigenvalue weighted by atomic mass is 10.3. The average molecular weight is 288 g/mol. The van der Waals surface area contributed by atoms with E-state index in [-0.39, 0.29) is 31.4 Å². The Hall–Kier alpha value is -1.63. The SMILES string of the molecule is CCCN(CC(=O)O)CC(=O)NCCCC(=O)OCC. The number of carboxylic acid groups (broad SMARTS) is 1. The predicted molar refractivity (Wildman–Crippen MR) is 73.2 cm³/mol. The lowest BCUT2D eigenvalue weighted by molar-refractivity contribution is -0.143. The van der Waals surface area contributed by atoms with E-state index in [1.54, 1.807) is 11.8 Å². The van der Waals surface area contributed by atoms with Crippen LogP contribution in [0, 0.1) is 0 Å². The molecule has 2 N–H and O–H groups in total. The molecule has 0 radical (unpaired) electrons. The number of rotatable bonds is 11. The Bertz CT molecular complexity index is 320. The van der Waals surface area contributed by atoms with Crippen LogP contribution in [0.2, 0.25) is 0 Å². The van der Waals surface area contributed by atoms with Gasteiger partial charge in [-0.05, 0) is 26.3 Å². The molecule has 7 heteroatoms. The molecule has 0 unspecified atom stereocenters. The summed E-state index contributed by atoms with van der Waals surface area (Å²) in [5, 5.41) is 11.4. The molecule has 0 aliphatic carbocycles. The van der Waals surface area contributed by atoms with Gasteiger partial charge in [0.05, 0.1) is 19.7 Å². The van der Waals surface area contributed by atoms with E-state index in [0.717, 1.165) is 6.42 Å². The molecule has 0 saturated heterocycles. The number of ether oxygens (including phenoxy) is 1. The summed E-state index contributed by atoms with van der Waals surface area (Å²) in [6, 6.07) is 0. The van der Waals surface area contributed by atoms with E-state index >= 15 is 0 Å². The zero-order chi connectivity index (χ0) is 15.4. The van der Waals surface area contributed by atoms with Crippen molar-refractivity contribution in [2.45, 2.75) is 33.1 Å². The van der Waals surface area contributed by atoms with Crippen molar-refractivity contribution in [2.75, 3.05) is 32.8 Å². The largest absolute Gasteiger partial charge is 0.480 e. The summed E-state index contributed by atoms with van der Waals surface area (Å²) in [6.45, 7) is 4.86. The number of nitrogens with one attached hydrogen (secondary N) is 1. The first-order valence-corrected chi connectivity index (χ1v) is 6.86. The Balaban J connectivity index is 3.84. The van der Waals surface area contributed by atoms with Crippen LogP contribution in [-0.4, -0.2) is 60.6 Å². The van der Waals surface area contributed by atoms with Crippen molar-refractivity contribution < 1.29 is 24.2 Å². The lowest BCUT2D eigenvalue weighted by Crippen LogP contribution is -2.40. The fourth-order valence-corrected chi connectivity index (χ4v) is 1.67. The lowest BCUT2D eigenvalue weighted by Gasteiger charge is -2.18. The molecule has 0 rings (SSSR count). The molecule has 0 atom stereocenters. The molecule has 0 saturated carbocycles. The molecule has 0 aliphatic rings. The molecule has 0 spiro atoms. The van der Waals surface area contributed by atoms with Gasteiger partial charge in [0.15, 0.2) is 0 Å². The van der Waals surface area contributed by atoms with E-state index < -0.39 is 5.97 Å². The highest BCUT2D eigenvalue weighted by Gasteiger charge is 2.12. The number of carboxylic acids is 1. The highest BCUT2D eigenvalue weighted by Crippen LogP contribution is 1.93. The van der Waals surface area contributed by atoms with Crippen LogP contribution in [0.5, 0.6) is 0 Å². The second-order valence-electron chi connectivity index (χ2n) is 4.36. The van der Waals surface area contributed by atoms with Crippen molar-refractivity contribution in [3.05, 3.63) is 0 Å². The van der Waals surface area contributed by atoms with Crippen LogP contribution >= 0.6 is 0 Å². The minimum atomic E-state index is -0.950. The number of hydrogen-bond donors (Lipinski definition) is 2. The Morgan fingerprint density at radius 3 is 2.45 bits per heavy atom. The van der Waals surface area contributed by atoms with Crippen molar-refractivity contribution in [3.63, 3.8) is 0 Å². The molecule has 7 nitrogen and oxygen atoms in total. The summed E-state index contributed by atoms with van der Waals surface area (Å²) in [6.07, 6.45) is 1.56. The second kappa shape index (κ2) is 11.2. The van der Waals surface area contributed by atoms with Crippen LogP contribution in [-0.2, 0) is 19.1 Å². The quantitative estimate of drug-likeness (QED) is 0.418. The van der Waals surface area contributed by atoms with Crippen LogP contribution in [0.4, 0.5) is 0 Å². The third-order valence-electron chi connectivity index (χ3n) is 2.45. The molecule has 0 bridgehead atoms. The van der Waals surface area contributed by atoms with E-state index in [4.69, 9.17) is 9.84 Å². The summed E-state index contributed by atoms with van der Waals surface area (Å²) in [5.74, 6) is -1.46. The maximum Gasteiger partial charge on any atom is 0.317 e. The normalized spacial score (nSPS) is 10.3. The van der Waals surface area contributed by atoms with E-state index in [0.29, 0.717) is 26.1 Å². The summed E-state index contributed by atoms with van der Waals surface area (Å²) in [5.41, 5.74) is 0. The minimum Gasteiger partial charge on any atom is -0.480 e. The minimum absolute atomic E-state index is 0.0551. The molecule has 0 aliphatic heterocycles.